The lowest BCUT2D eigenvalue weighted by molar-refractivity contribution is 0.260. The molecule has 2 aromatic heterocycles. The molecule has 4 heteroatoms. The lowest BCUT2D eigenvalue weighted by Crippen LogP contribution is -2.10. The van der Waals surface area contributed by atoms with E-state index in [1.807, 2.05) is 11.3 Å². The minimum Gasteiger partial charge on any atom is -0.464 e. The van der Waals surface area contributed by atoms with Crippen molar-refractivity contribution in [3.05, 3.63) is 151 Å². The number of nitrogens with one attached hydrogen (secondary N) is 1. The average Bonchev–Trinajstić information content (AvgIpc) is 3.80. The molecule has 0 saturated carbocycles. The summed E-state index contributed by atoms with van der Waals surface area (Å²) < 4.78 is 11.6. The minimum absolute atomic E-state index is 0.274. The molecule has 9 aromatic rings. The summed E-state index contributed by atoms with van der Waals surface area (Å²) in [6, 6.07) is 52.2. The highest BCUT2D eigenvalue weighted by Gasteiger charge is 2.29. The summed E-state index contributed by atoms with van der Waals surface area (Å²) in [5, 5.41) is 11.4. The van der Waals surface area contributed by atoms with Gasteiger partial charge in [0, 0.05) is 47.8 Å². The highest BCUT2D eigenvalue weighted by atomic mass is 32.1. The second-order valence-corrected chi connectivity index (χ2v) is 12.8. The smallest absolute Gasteiger partial charge is 0.196 e. The number of nitrogens with zero attached hydrogens (tertiary/aromatic N) is 1. The summed E-state index contributed by atoms with van der Waals surface area (Å²) in [5.74, 6) is 0.897. The van der Waals surface area contributed by atoms with Gasteiger partial charge in [-0.1, -0.05) is 109 Å². The van der Waals surface area contributed by atoms with Crippen LogP contribution < -0.4 is 10.1 Å². The van der Waals surface area contributed by atoms with Gasteiger partial charge in [0.2, 0.25) is 0 Å². The van der Waals surface area contributed by atoms with E-state index in [1.54, 1.807) is 0 Å². The first-order valence-electron chi connectivity index (χ1n) is 15.3. The van der Waals surface area contributed by atoms with Crippen LogP contribution in [-0.2, 0) is 0 Å². The van der Waals surface area contributed by atoms with Crippen molar-refractivity contribution in [2.24, 2.45) is 0 Å². The zero-order valence-corrected chi connectivity index (χ0v) is 25.0. The molecule has 3 nitrogen and oxygen atoms in total. The summed E-state index contributed by atoms with van der Waals surface area (Å²) in [6.45, 7) is 0. The molecular weight excluding hydrogens is 569 g/mol. The molecule has 10 rings (SSSR count). The Bertz CT molecular complexity index is 2600. The summed E-state index contributed by atoms with van der Waals surface area (Å²) >= 11 is 1.85. The van der Waals surface area contributed by atoms with E-state index in [4.69, 9.17) is 4.74 Å². The number of thiophene rings is 1. The molecule has 1 atom stereocenters. The van der Waals surface area contributed by atoms with Crippen LogP contribution in [0.5, 0.6) is 5.75 Å². The number of ether oxygens (including phenoxy) is 1. The number of rotatable bonds is 3. The van der Waals surface area contributed by atoms with Crippen LogP contribution in [0.3, 0.4) is 0 Å². The van der Waals surface area contributed by atoms with Gasteiger partial charge in [0.15, 0.2) is 6.23 Å². The highest BCUT2D eigenvalue weighted by Crippen LogP contribution is 2.52. The third kappa shape index (κ3) is 3.63. The van der Waals surface area contributed by atoms with Gasteiger partial charge in [-0.3, -0.25) is 0 Å². The predicted octanol–water partition coefficient (Wildman–Crippen LogP) is 11.5. The van der Waals surface area contributed by atoms with E-state index in [2.05, 4.69) is 155 Å². The number of aromatic nitrogens is 1. The van der Waals surface area contributed by atoms with Crippen molar-refractivity contribution >= 4 is 69.8 Å². The molecule has 1 unspecified atom stereocenters. The standard InChI is InChI=1S/C41H26N2OS/c1-2-10-25(11-3-1)32-24-35-39(38-31-15-7-9-17-36(31)45-40(32)38)42-41(44-35)27-18-21-28(22-19-27)43-33-16-8-6-14-30(33)37-29-13-5-4-12-26(29)20-23-34(37)43/h1-24,41-42H. The maximum Gasteiger partial charge on any atom is 0.196 e. The summed E-state index contributed by atoms with van der Waals surface area (Å²) in [5.41, 5.74) is 8.13. The molecule has 212 valence electrons. The number of para-hydroxylation sites is 1. The van der Waals surface area contributed by atoms with Crippen LogP contribution >= 0.6 is 11.3 Å². The Morgan fingerprint density at radius 3 is 2.20 bits per heavy atom. The van der Waals surface area contributed by atoms with Crippen LogP contribution in [0.25, 0.3) is 69.6 Å². The van der Waals surface area contributed by atoms with E-state index >= 15 is 0 Å². The van der Waals surface area contributed by atoms with Crippen molar-refractivity contribution in [1.29, 1.82) is 0 Å². The van der Waals surface area contributed by atoms with Gasteiger partial charge in [0.25, 0.3) is 0 Å². The fourth-order valence-corrected chi connectivity index (χ4v) is 8.45. The van der Waals surface area contributed by atoms with Crippen LogP contribution in [-0.4, -0.2) is 4.57 Å². The van der Waals surface area contributed by atoms with Crippen molar-refractivity contribution in [3.63, 3.8) is 0 Å². The SMILES string of the molecule is c1ccc(-c2cc3c(c4c2sc2ccccc24)NC(c2ccc(-n4c5ccccc5c5c6ccccc6ccc54)cc2)O3)cc1. The van der Waals surface area contributed by atoms with Gasteiger partial charge in [-0.15, -0.1) is 11.3 Å². The number of hydrogen-bond donors (Lipinski definition) is 1. The molecule has 0 bridgehead atoms. The molecule has 0 fully saturated rings. The van der Waals surface area contributed by atoms with Crippen molar-refractivity contribution in [3.8, 4) is 22.6 Å². The molecule has 3 heterocycles. The number of fused-ring (bicyclic) bond motifs is 10. The first kappa shape index (κ1) is 24.8. The highest BCUT2D eigenvalue weighted by molar-refractivity contribution is 7.26. The molecule has 0 spiro atoms. The summed E-state index contributed by atoms with van der Waals surface area (Å²) in [7, 11) is 0. The monoisotopic (exact) mass is 594 g/mol. The largest absolute Gasteiger partial charge is 0.464 e. The fraction of sp³-hybridized carbons (Fsp3) is 0.0244. The van der Waals surface area contributed by atoms with Gasteiger partial charge in [0.05, 0.1) is 16.7 Å². The Morgan fingerprint density at radius 1 is 0.600 bits per heavy atom. The Morgan fingerprint density at radius 2 is 1.33 bits per heavy atom. The van der Waals surface area contributed by atoms with E-state index in [0.29, 0.717) is 0 Å². The average molecular weight is 595 g/mol. The van der Waals surface area contributed by atoms with Crippen molar-refractivity contribution < 1.29 is 4.74 Å². The van der Waals surface area contributed by atoms with E-state index in [0.717, 1.165) is 22.7 Å². The molecule has 1 aliphatic rings. The van der Waals surface area contributed by atoms with Crippen LogP contribution in [0.1, 0.15) is 11.8 Å². The Labute approximate surface area is 263 Å². The molecule has 7 aromatic carbocycles. The first-order valence-corrected chi connectivity index (χ1v) is 16.1. The lowest BCUT2D eigenvalue weighted by atomic mass is 10.0. The van der Waals surface area contributed by atoms with E-state index in [-0.39, 0.29) is 6.23 Å². The molecule has 45 heavy (non-hydrogen) atoms. The third-order valence-electron chi connectivity index (χ3n) is 9.23. The molecule has 0 saturated heterocycles. The zero-order valence-electron chi connectivity index (χ0n) is 24.2. The van der Waals surface area contributed by atoms with Gasteiger partial charge in [-0.25, -0.2) is 0 Å². The number of hydrogen-bond acceptors (Lipinski definition) is 3. The van der Waals surface area contributed by atoms with E-state index < -0.39 is 0 Å². The summed E-state index contributed by atoms with van der Waals surface area (Å²) in [4.78, 5) is 0. The maximum absolute atomic E-state index is 6.69. The van der Waals surface area contributed by atoms with E-state index in [1.165, 1.54) is 63.9 Å². The van der Waals surface area contributed by atoms with Crippen LogP contribution in [0.15, 0.2) is 146 Å². The molecule has 1 aliphatic heterocycles. The molecule has 0 amide bonds. The van der Waals surface area contributed by atoms with Crippen molar-refractivity contribution in [2.75, 3.05) is 5.32 Å². The number of anilines is 1. The van der Waals surface area contributed by atoms with Gasteiger partial charge < -0.3 is 14.6 Å². The van der Waals surface area contributed by atoms with E-state index in [9.17, 15) is 0 Å². The van der Waals surface area contributed by atoms with Crippen molar-refractivity contribution in [1.82, 2.24) is 4.57 Å². The molecular formula is C41H26N2OS. The molecule has 0 radical (unpaired) electrons. The van der Waals surface area contributed by atoms with Gasteiger partial charge in [-0.05, 0) is 52.7 Å². The van der Waals surface area contributed by atoms with Crippen molar-refractivity contribution in [2.45, 2.75) is 6.23 Å². The minimum atomic E-state index is -0.274. The van der Waals surface area contributed by atoms with Crippen LogP contribution in [0, 0.1) is 0 Å². The Balaban J connectivity index is 1.09. The van der Waals surface area contributed by atoms with Gasteiger partial charge in [-0.2, -0.15) is 0 Å². The molecule has 1 N–H and O–H groups in total. The topological polar surface area (TPSA) is 26.2 Å². The lowest BCUT2D eigenvalue weighted by Gasteiger charge is -2.14. The third-order valence-corrected chi connectivity index (χ3v) is 10.4. The second-order valence-electron chi connectivity index (χ2n) is 11.7. The van der Waals surface area contributed by atoms with Crippen LogP contribution in [0.4, 0.5) is 5.69 Å². The molecule has 0 aliphatic carbocycles. The zero-order chi connectivity index (χ0) is 29.5. The van der Waals surface area contributed by atoms with Crippen LogP contribution in [0.2, 0.25) is 0 Å². The Hall–Kier alpha value is -5.58. The second kappa shape index (κ2) is 9.46. The van der Waals surface area contributed by atoms with Gasteiger partial charge in [0.1, 0.15) is 5.75 Å². The Kier molecular flexibility index (Phi) is 5.22. The fourth-order valence-electron chi connectivity index (χ4n) is 7.20. The number of benzene rings is 7. The quantitative estimate of drug-likeness (QED) is 0.220. The predicted molar refractivity (Wildman–Crippen MR) is 190 cm³/mol. The van der Waals surface area contributed by atoms with Gasteiger partial charge >= 0.3 is 0 Å². The maximum atomic E-state index is 6.69. The normalized spacial score (nSPS) is 14.4. The summed E-state index contributed by atoms with van der Waals surface area (Å²) in [6.07, 6.45) is -0.274. The first-order chi connectivity index (χ1) is 22.3.